The number of hydrogen-bond donors (Lipinski definition) is 2. The molecule has 0 bridgehead atoms. The fourth-order valence-corrected chi connectivity index (χ4v) is 2.89. The van der Waals surface area contributed by atoms with Crippen LogP contribution in [-0.2, 0) is 0 Å². The molecular formula is C10H11FN4S2. The molecule has 0 amide bonds. The van der Waals surface area contributed by atoms with Crippen molar-refractivity contribution in [2.24, 2.45) is 0 Å². The second-order valence-electron chi connectivity index (χ2n) is 3.13. The highest BCUT2D eigenvalue weighted by Crippen LogP contribution is 2.23. The molecule has 0 aliphatic carbocycles. The number of aromatic nitrogens is 3. The number of H-pyrrole nitrogens is 1. The van der Waals surface area contributed by atoms with Gasteiger partial charge in [0, 0.05) is 16.4 Å². The Kier molecular flexibility index (Phi) is 4.27. The van der Waals surface area contributed by atoms with Crippen molar-refractivity contribution in [3.8, 4) is 0 Å². The topological polar surface area (TPSA) is 67.6 Å². The van der Waals surface area contributed by atoms with Crippen molar-refractivity contribution >= 4 is 29.5 Å². The third-order valence-electron chi connectivity index (χ3n) is 1.89. The molecule has 0 saturated carbocycles. The Morgan fingerprint density at radius 3 is 2.71 bits per heavy atom. The van der Waals surface area contributed by atoms with Gasteiger partial charge < -0.3 is 5.73 Å². The number of nitrogens with zero attached hydrogens (tertiary/aromatic N) is 2. The van der Waals surface area contributed by atoms with Gasteiger partial charge in [0.1, 0.15) is 5.82 Å². The Balaban J connectivity index is 1.75. The van der Waals surface area contributed by atoms with Crippen molar-refractivity contribution in [3.63, 3.8) is 0 Å². The molecule has 4 nitrogen and oxygen atoms in total. The molecule has 2 aromatic rings. The van der Waals surface area contributed by atoms with Gasteiger partial charge in [0.15, 0.2) is 0 Å². The van der Waals surface area contributed by atoms with Gasteiger partial charge in [0.2, 0.25) is 11.1 Å². The van der Waals surface area contributed by atoms with Crippen LogP contribution in [0.4, 0.5) is 10.3 Å². The first-order valence-corrected chi connectivity index (χ1v) is 6.91. The van der Waals surface area contributed by atoms with Crippen molar-refractivity contribution in [1.29, 1.82) is 0 Å². The molecule has 0 radical (unpaired) electrons. The number of nitrogens with one attached hydrogen (secondary N) is 1. The molecule has 0 aliphatic heterocycles. The summed E-state index contributed by atoms with van der Waals surface area (Å²) in [6.45, 7) is 0. The number of aromatic amines is 1. The van der Waals surface area contributed by atoms with Gasteiger partial charge in [-0.1, -0.05) is 23.9 Å². The Morgan fingerprint density at radius 2 is 2.00 bits per heavy atom. The maximum absolute atomic E-state index is 13.3. The maximum Gasteiger partial charge on any atom is 0.216 e. The standard InChI is InChI=1S/C10H11FN4S2/c11-7-3-1-2-4-8(7)16-5-6-17-10-13-9(12)14-15-10/h1-4H,5-6H2,(H3,12,13,14,15). The quantitative estimate of drug-likeness (QED) is 0.645. The third-order valence-corrected chi connectivity index (χ3v) is 4.05. The van der Waals surface area contributed by atoms with Crippen LogP contribution < -0.4 is 5.73 Å². The monoisotopic (exact) mass is 270 g/mol. The van der Waals surface area contributed by atoms with Crippen molar-refractivity contribution in [2.45, 2.75) is 10.1 Å². The number of thioether (sulfide) groups is 2. The van der Waals surface area contributed by atoms with Crippen LogP contribution in [0, 0.1) is 5.82 Å². The fraction of sp³-hybridized carbons (Fsp3) is 0.200. The fourth-order valence-electron chi connectivity index (χ4n) is 1.17. The second kappa shape index (κ2) is 5.92. The predicted molar refractivity (Wildman–Crippen MR) is 68.6 cm³/mol. The minimum Gasteiger partial charge on any atom is -0.368 e. The van der Waals surface area contributed by atoms with E-state index in [4.69, 9.17) is 5.73 Å². The largest absolute Gasteiger partial charge is 0.368 e. The van der Waals surface area contributed by atoms with E-state index < -0.39 is 0 Å². The lowest BCUT2D eigenvalue weighted by Crippen LogP contribution is -1.88. The lowest BCUT2D eigenvalue weighted by molar-refractivity contribution is 0.602. The van der Waals surface area contributed by atoms with E-state index in [1.54, 1.807) is 12.1 Å². The molecule has 0 fully saturated rings. The van der Waals surface area contributed by atoms with Gasteiger partial charge >= 0.3 is 0 Å². The molecule has 0 aliphatic rings. The zero-order valence-electron chi connectivity index (χ0n) is 8.89. The number of halogens is 1. The molecule has 7 heteroatoms. The van der Waals surface area contributed by atoms with E-state index in [1.807, 2.05) is 6.07 Å². The normalized spacial score (nSPS) is 10.6. The minimum atomic E-state index is -0.176. The summed E-state index contributed by atoms with van der Waals surface area (Å²) in [5, 5.41) is 7.08. The molecule has 0 spiro atoms. The Labute approximate surface area is 107 Å². The predicted octanol–water partition coefficient (Wildman–Crippen LogP) is 2.41. The number of hydrogen-bond acceptors (Lipinski definition) is 5. The van der Waals surface area contributed by atoms with E-state index in [2.05, 4.69) is 15.2 Å². The van der Waals surface area contributed by atoms with Gasteiger partial charge in [-0.2, -0.15) is 4.98 Å². The lowest BCUT2D eigenvalue weighted by Gasteiger charge is -2.01. The summed E-state index contributed by atoms with van der Waals surface area (Å²) in [5.74, 6) is 1.73. The maximum atomic E-state index is 13.3. The highest BCUT2D eigenvalue weighted by Gasteiger charge is 2.03. The van der Waals surface area contributed by atoms with Crippen LogP contribution in [0.1, 0.15) is 0 Å². The molecule has 1 aromatic carbocycles. The van der Waals surface area contributed by atoms with Gasteiger partial charge in [-0.15, -0.1) is 16.9 Å². The van der Waals surface area contributed by atoms with Crippen molar-refractivity contribution < 1.29 is 4.39 Å². The SMILES string of the molecule is Nc1nc(SCCSc2ccccc2F)n[nH]1. The highest BCUT2D eigenvalue weighted by atomic mass is 32.2. The molecule has 17 heavy (non-hydrogen) atoms. The van der Waals surface area contributed by atoms with Gasteiger partial charge in [0.25, 0.3) is 0 Å². The summed E-state index contributed by atoms with van der Waals surface area (Å²) in [6.07, 6.45) is 0. The zero-order chi connectivity index (χ0) is 12.1. The number of anilines is 1. The Hall–Kier alpha value is -1.21. The van der Waals surface area contributed by atoms with E-state index in [0.717, 1.165) is 11.5 Å². The summed E-state index contributed by atoms with van der Waals surface area (Å²) in [5.41, 5.74) is 5.40. The van der Waals surface area contributed by atoms with Crippen molar-refractivity contribution in [3.05, 3.63) is 30.1 Å². The van der Waals surface area contributed by atoms with Crippen LogP contribution in [0.5, 0.6) is 0 Å². The molecule has 3 N–H and O–H groups in total. The summed E-state index contributed by atoms with van der Waals surface area (Å²) < 4.78 is 13.3. The molecule has 90 valence electrons. The molecule has 0 unspecified atom stereocenters. The van der Waals surface area contributed by atoms with Crippen molar-refractivity contribution in [2.75, 3.05) is 17.2 Å². The van der Waals surface area contributed by atoms with Crippen LogP contribution in [-0.4, -0.2) is 26.7 Å². The molecule has 1 heterocycles. The van der Waals surface area contributed by atoms with Gasteiger partial charge in [-0.25, -0.2) is 9.49 Å². The molecule has 0 saturated heterocycles. The van der Waals surface area contributed by atoms with E-state index in [9.17, 15) is 4.39 Å². The van der Waals surface area contributed by atoms with E-state index in [-0.39, 0.29) is 5.82 Å². The highest BCUT2D eigenvalue weighted by molar-refractivity contribution is 8.02. The summed E-state index contributed by atoms with van der Waals surface area (Å²) >= 11 is 2.97. The number of nitrogens with two attached hydrogens (primary N) is 1. The van der Waals surface area contributed by atoms with Crippen LogP contribution in [0.3, 0.4) is 0 Å². The molecule has 1 aromatic heterocycles. The number of rotatable bonds is 5. The first kappa shape index (κ1) is 12.3. The van der Waals surface area contributed by atoms with Gasteiger partial charge in [-0.05, 0) is 12.1 Å². The van der Waals surface area contributed by atoms with E-state index >= 15 is 0 Å². The summed E-state index contributed by atoms with van der Waals surface area (Å²) in [4.78, 5) is 4.63. The average molecular weight is 270 g/mol. The zero-order valence-corrected chi connectivity index (χ0v) is 10.5. The van der Waals surface area contributed by atoms with E-state index in [1.165, 1.54) is 29.6 Å². The second-order valence-corrected chi connectivity index (χ2v) is 5.33. The van der Waals surface area contributed by atoms with Gasteiger partial charge in [-0.3, -0.25) is 0 Å². The minimum absolute atomic E-state index is 0.176. The molecule has 2 rings (SSSR count). The number of nitrogen functional groups attached to an aromatic ring is 1. The lowest BCUT2D eigenvalue weighted by atomic mass is 10.3. The van der Waals surface area contributed by atoms with Crippen LogP contribution >= 0.6 is 23.5 Å². The average Bonchev–Trinajstić information content (AvgIpc) is 2.73. The van der Waals surface area contributed by atoms with Crippen LogP contribution in [0.2, 0.25) is 0 Å². The summed E-state index contributed by atoms with van der Waals surface area (Å²) in [6, 6.07) is 6.75. The molecular weight excluding hydrogens is 259 g/mol. The summed E-state index contributed by atoms with van der Waals surface area (Å²) in [7, 11) is 0. The molecule has 0 atom stereocenters. The first-order chi connectivity index (χ1) is 8.25. The smallest absolute Gasteiger partial charge is 0.216 e. The van der Waals surface area contributed by atoms with Crippen LogP contribution in [0.15, 0.2) is 34.3 Å². The van der Waals surface area contributed by atoms with Crippen molar-refractivity contribution in [1.82, 2.24) is 15.2 Å². The van der Waals surface area contributed by atoms with E-state index in [0.29, 0.717) is 16.0 Å². The first-order valence-electron chi connectivity index (χ1n) is 4.94. The third kappa shape index (κ3) is 3.64. The Bertz CT molecular complexity index is 489. The van der Waals surface area contributed by atoms with Crippen LogP contribution in [0.25, 0.3) is 0 Å². The number of benzene rings is 1. The van der Waals surface area contributed by atoms with Gasteiger partial charge in [0.05, 0.1) is 0 Å². The Morgan fingerprint density at radius 1 is 1.24 bits per heavy atom.